The van der Waals surface area contributed by atoms with E-state index in [1.807, 2.05) is 0 Å². The van der Waals surface area contributed by atoms with Gasteiger partial charge in [-0.15, -0.1) is 0 Å². The molecule has 0 bridgehead atoms. The summed E-state index contributed by atoms with van der Waals surface area (Å²) in [7, 11) is 0. The van der Waals surface area contributed by atoms with Gasteiger partial charge in [0.1, 0.15) is 0 Å². The van der Waals surface area contributed by atoms with Crippen molar-refractivity contribution in [3.05, 3.63) is 0 Å². The molecule has 21 heavy (non-hydrogen) atoms. The van der Waals surface area contributed by atoms with Crippen molar-refractivity contribution in [1.82, 2.24) is 0 Å². The molecule has 0 aromatic carbocycles. The first-order valence-corrected chi connectivity index (χ1v) is 17.6. The zero-order valence-corrected chi connectivity index (χ0v) is 17.7. The van der Waals surface area contributed by atoms with Gasteiger partial charge < -0.3 is 0 Å². The Morgan fingerprint density at radius 2 is 1.43 bits per heavy atom. The Balaban J connectivity index is 2.60. The topological polar surface area (TPSA) is 35.2 Å². The van der Waals surface area contributed by atoms with Crippen LogP contribution in [0.15, 0.2) is 0 Å². The fourth-order valence-corrected chi connectivity index (χ4v) is 18.1. The molecule has 0 aliphatic heterocycles. The van der Waals surface area contributed by atoms with E-state index in [4.69, 9.17) is 10.5 Å². The van der Waals surface area contributed by atoms with Crippen LogP contribution >= 0.6 is 0 Å². The van der Waals surface area contributed by atoms with E-state index in [1.54, 1.807) is 13.3 Å². The van der Waals surface area contributed by atoms with Gasteiger partial charge >= 0.3 is 137 Å². The molecule has 1 aliphatic carbocycles. The van der Waals surface area contributed by atoms with E-state index >= 15 is 0 Å². The molecule has 2 unspecified atom stereocenters. The van der Waals surface area contributed by atoms with Gasteiger partial charge in [-0.25, -0.2) is 0 Å². The van der Waals surface area contributed by atoms with Gasteiger partial charge in [-0.1, -0.05) is 0 Å². The third-order valence-corrected chi connectivity index (χ3v) is 19.6. The second-order valence-corrected chi connectivity index (χ2v) is 20.9. The summed E-state index contributed by atoms with van der Waals surface area (Å²) in [6.45, 7) is 7.01. The number of rotatable bonds is 12. The fraction of sp³-hybridized carbons (Fsp3) is 1.00. The summed E-state index contributed by atoms with van der Waals surface area (Å²) in [5, 5.41) is 0. The SMILES string of the molecule is CCC[CH2][Sn]([CH2]CCC)([CH2]CCC)[CH2]OC1CCCC1N. The molecule has 0 spiro atoms. The van der Waals surface area contributed by atoms with Gasteiger partial charge in [-0.05, 0) is 0 Å². The van der Waals surface area contributed by atoms with Crippen LogP contribution in [0.3, 0.4) is 0 Å². The molecule has 1 rings (SSSR count). The monoisotopic (exact) mass is 405 g/mol. The number of unbranched alkanes of at least 4 members (excludes halogenated alkanes) is 3. The minimum atomic E-state index is -2.08. The first kappa shape index (κ1) is 19.8. The first-order valence-electron chi connectivity index (χ1n) is 9.54. The Kier molecular flexibility index (Phi) is 10.6. The molecule has 2 N–H and O–H groups in total. The van der Waals surface area contributed by atoms with Crippen LogP contribution in [0.4, 0.5) is 0 Å². The van der Waals surface area contributed by atoms with E-state index in [9.17, 15) is 0 Å². The van der Waals surface area contributed by atoms with Crippen molar-refractivity contribution in [2.75, 3.05) is 4.62 Å². The average Bonchev–Trinajstić information content (AvgIpc) is 2.91. The van der Waals surface area contributed by atoms with Gasteiger partial charge in [0.15, 0.2) is 0 Å². The molecule has 2 atom stereocenters. The Morgan fingerprint density at radius 1 is 0.905 bits per heavy atom. The molecule has 0 heterocycles. The van der Waals surface area contributed by atoms with Crippen molar-refractivity contribution in [2.45, 2.75) is 104 Å². The summed E-state index contributed by atoms with van der Waals surface area (Å²) in [6.07, 6.45) is 12.4. The summed E-state index contributed by atoms with van der Waals surface area (Å²) >= 11 is -2.08. The van der Waals surface area contributed by atoms with Crippen molar-refractivity contribution in [3.63, 3.8) is 0 Å². The number of nitrogens with two attached hydrogens (primary N) is 1. The zero-order valence-electron chi connectivity index (χ0n) is 14.8. The van der Waals surface area contributed by atoms with Gasteiger partial charge in [0, 0.05) is 0 Å². The molecule has 126 valence electrons. The molecule has 2 nitrogen and oxygen atoms in total. The molecule has 3 heteroatoms. The van der Waals surface area contributed by atoms with Gasteiger partial charge in [0.25, 0.3) is 0 Å². The van der Waals surface area contributed by atoms with Crippen LogP contribution in [0, 0.1) is 0 Å². The molecular weight excluding hydrogens is 365 g/mol. The number of ether oxygens (including phenoxy) is 1. The maximum absolute atomic E-state index is 6.44. The summed E-state index contributed by atoms with van der Waals surface area (Å²) in [5.41, 5.74) is 6.21. The van der Waals surface area contributed by atoms with Crippen molar-refractivity contribution in [3.8, 4) is 0 Å². The van der Waals surface area contributed by atoms with Gasteiger partial charge in [0.2, 0.25) is 0 Å². The third-order valence-electron chi connectivity index (χ3n) is 5.29. The Hall–Kier alpha value is 0.719. The molecule has 1 fully saturated rings. The second kappa shape index (κ2) is 11.3. The predicted octanol–water partition coefficient (Wildman–Crippen LogP) is 5.27. The van der Waals surface area contributed by atoms with E-state index in [0.717, 1.165) is 4.62 Å². The van der Waals surface area contributed by atoms with Crippen molar-refractivity contribution >= 4 is 18.4 Å². The molecule has 0 radical (unpaired) electrons. The van der Waals surface area contributed by atoms with Crippen molar-refractivity contribution in [1.29, 1.82) is 0 Å². The summed E-state index contributed by atoms with van der Waals surface area (Å²) < 4.78 is 12.2. The Morgan fingerprint density at radius 3 is 1.81 bits per heavy atom. The summed E-state index contributed by atoms with van der Waals surface area (Å²) in [5.74, 6) is 0. The molecule has 1 aliphatic rings. The predicted molar refractivity (Wildman–Crippen MR) is 96.5 cm³/mol. The zero-order chi connectivity index (χ0) is 15.6. The number of hydrogen-bond donors (Lipinski definition) is 1. The Bertz CT molecular complexity index is 238. The van der Waals surface area contributed by atoms with E-state index in [2.05, 4.69) is 20.8 Å². The van der Waals surface area contributed by atoms with E-state index < -0.39 is 18.4 Å². The third kappa shape index (κ3) is 7.22. The van der Waals surface area contributed by atoms with E-state index in [0.29, 0.717) is 12.1 Å². The normalized spacial score (nSPS) is 22.9. The van der Waals surface area contributed by atoms with Crippen LogP contribution in [0.2, 0.25) is 13.3 Å². The average molecular weight is 404 g/mol. The van der Waals surface area contributed by atoms with E-state index in [1.165, 1.54) is 57.8 Å². The van der Waals surface area contributed by atoms with Crippen LogP contribution in [0.1, 0.15) is 78.6 Å². The van der Waals surface area contributed by atoms with Gasteiger partial charge in [0.05, 0.1) is 0 Å². The van der Waals surface area contributed by atoms with Crippen LogP contribution in [-0.2, 0) is 4.74 Å². The second-order valence-electron chi connectivity index (χ2n) is 7.25. The molecule has 1 saturated carbocycles. The van der Waals surface area contributed by atoms with Crippen LogP contribution in [-0.4, -0.2) is 35.1 Å². The summed E-state index contributed by atoms with van der Waals surface area (Å²) in [6, 6.07) is 0.317. The van der Waals surface area contributed by atoms with Crippen molar-refractivity contribution < 1.29 is 4.74 Å². The molecule has 0 amide bonds. The van der Waals surface area contributed by atoms with Gasteiger partial charge in [-0.3, -0.25) is 0 Å². The van der Waals surface area contributed by atoms with Crippen LogP contribution < -0.4 is 5.73 Å². The van der Waals surface area contributed by atoms with Crippen LogP contribution in [0.25, 0.3) is 0 Å². The quantitative estimate of drug-likeness (QED) is 0.450. The number of hydrogen-bond acceptors (Lipinski definition) is 2. The minimum absolute atomic E-state index is 0.317. The molecule has 0 saturated heterocycles. The van der Waals surface area contributed by atoms with Crippen molar-refractivity contribution in [2.24, 2.45) is 5.73 Å². The molecule has 0 aromatic rings. The molecular formula is C18H39NOSn. The summed E-state index contributed by atoms with van der Waals surface area (Å²) in [4.78, 5) is 0. The van der Waals surface area contributed by atoms with Crippen LogP contribution in [0.5, 0.6) is 0 Å². The Labute approximate surface area is 137 Å². The standard InChI is InChI=1S/C6H12NO.3C4H9.Sn/c1-8-6-4-2-3-5(6)7;3*1-3-4-2;/h5-6H,1-4,7H2;3*1,3-4H2,2H3;. The molecule has 0 aromatic heterocycles. The van der Waals surface area contributed by atoms with E-state index in [-0.39, 0.29) is 0 Å². The van der Waals surface area contributed by atoms with Gasteiger partial charge in [-0.2, -0.15) is 0 Å². The maximum atomic E-state index is 6.44. The fourth-order valence-electron chi connectivity index (χ4n) is 3.69. The first-order chi connectivity index (χ1) is 10.2.